The lowest BCUT2D eigenvalue weighted by Crippen LogP contribution is -2.68. The number of fused-ring (bicyclic) bond motifs is 6. The largest absolute Gasteiger partial charge is 0.453 e. The molecule has 8 nitrogen and oxygen atoms in total. The second-order valence-corrected chi connectivity index (χ2v) is 9.40. The van der Waals surface area contributed by atoms with Crippen LogP contribution in [0.1, 0.15) is 24.0 Å². The number of urea groups is 1. The third-order valence-corrected chi connectivity index (χ3v) is 7.63. The Morgan fingerprint density at radius 2 is 1.62 bits per heavy atom. The van der Waals surface area contributed by atoms with E-state index in [0.717, 1.165) is 24.0 Å². The fraction of sp³-hybridized carbons (Fsp3) is 0.308. The van der Waals surface area contributed by atoms with Gasteiger partial charge in [-0.05, 0) is 23.3 Å². The molecule has 1 aliphatic carbocycles. The monoisotopic (exact) mass is 457 g/mol. The lowest BCUT2D eigenvalue weighted by Gasteiger charge is -2.49. The van der Waals surface area contributed by atoms with Crippen LogP contribution in [0.15, 0.2) is 66.9 Å². The first kappa shape index (κ1) is 20.9. The van der Waals surface area contributed by atoms with Gasteiger partial charge in [-0.3, -0.25) is 5.32 Å². The highest BCUT2D eigenvalue weighted by molar-refractivity contribution is 5.96. The number of aliphatic hydroxyl groups is 1. The fourth-order valence-electron chi connectivity index (χ4n) is 5.80. The van der Waals surface area contributed by atoms with Gasteiger partial charge in [0, 0.05) is 36.1 Å². The van der Waals surface area contributed by atoms with Crippen LogP contribution in [-0.4, -0.2) is 57.5 Å². The first-order valence-electron chi connectivity index (χ1n) is 11.6. The fourth-order valence-corrected chi connectivity index (χ4v) is 5.80. The van der Waals surface area contributed by atoms with Crippen molar-refractivity contribution in [1.82, 2.24) is 10.2 Å². The van der Waals surface area contributed by atoms with Crippen LogP contribution in [-0.2, 0) is 15.1 Å². The van der Waals surface area contributed by atoms with E-state index in [0.29, 0.717) is 36.6 Å². The lowest BCUT2D eigenvalue weighted by molar-refractivity contribution is -0.869. The molecule has 4 heterocycles. The Morgan fingerprint density at radius 1 is 0.971 bits per heavy atom. The maximum absolute atomic E-state index is 13.6. The number of ether oxygens (including phenoxy) is 1. The molecule has 172 valence electrons. The zero-order valence-electron chi connectivity index (χ0n) is 18.6. The van der Waals surface area contributed by atoms with Gasteiger partial charge in [-0.15, -0.1) is 5.10 Å². The van der Waals surface area contributed by atoms with E-state index in [-0.39, 0.29) is 16.4 Å². The van der Waals surface area contributed by atoms with E-state index in [2.05, 4.69) is 15.5 Å². The number of aromatic nitrogens is 2. The topological polar surface area (TPSA) is 101 Å². The number of benzene rings is 2. The van der Waals surface area contributed by atoms with Gasteiger partial charge in [-0.2, -0.15) is 5.10 Å². The smallest absolute Gasteiger partial charge is 0.422 e. The predicted molar refractivity (Wildman–Crippen MR) is 123 cm³/mol. The van der Waals surface area contributed by atoms with Gasteiger partial charge in [0.25, 0.3) is 0 Å². The average molecular weight is 458 g/mol. The van der Waals surface area contributed by atoms with Crippen molar-refractivity contribution in [3.63, 3.8) is 0 Å². The number of piperidine rings is 3. The maximum atomic E-state index is 13.6. The van der Waals surface area contributed by atoms with Crippen molar-refractivity contribution in [1.29, 1.82) is 0 Å². The van der Waals surface area contributed by atoms with Crippen LogP contribution in [0.3, 0.4) is 0 Å². The number of hydrogen-bond donors (Lipinski definition) is 2. The number of quaternary nitrogens is 1. The molecule has 3 saturated heterocycles. The first-order valence-corrected chi connectivity index (χ1v) is 11.6. The van der Waals surface area contributed by atoms with E-state index < -0.39 is 17.7 Å². The summed E-state index contributed by atoms with van der Waals surface area (Å²) in [5, 5.41) is 22.4. The van der Waals surface area contributed by atoms with E-state index in [1.165, 1.54) is 0 Å². The van der Waals surface area contributed by atoms with E-state index in [1.54, 1.807) is 30.5 Å². The molecule has 0 saturated carbocycles. The minimum atomic E-state index is -1.87. The van der Waals surface area contributed by atoms with Gasteiger partial charge in [0.2, 0.25) is 5.60 Å². The Labute approximate surface area is 196 Å². The van der Waals surface area contributed by atoms with Gasteiger partial charge in [-0.1, -0.05) is 48.5 Å². The number of anilines is 1. The first-order chi connectivity index (χ1) is 16.5. The number of hydrogen-bond acceptors (Lipinski definition) is 6. The van der Waals surface area contributed by atoms with E-state index >= 15 is 0 Å². The molecule has 2 aromatic carbocycles. The van der Waals surface area contributed by atoms with E-state index in [9.17, 15) is 14.7 Å². The molecule has 0 unspecified atom stereocenters. The number of esters is 1. The Balaban J connectivity index is 1.27. The van der Waals surface area contributed by atoms with Crippen molar-refractivity contribution >= 4 is 17.8 Å². The van der Waals surface area contributed by atoms with Crippen LogP contribution < -0.4 is 5.32 Å². The molecular formula is C26H25N4O4+. The molecule has 3 fully saturated rings. The summed E-state index contributed by atoms with van der Waals surface area (Å²) >= 11 is 0. The van der Waals surface area contributed by atoms with Gasteiger partial charge in [0.05, 0.1) is 13.1 Å². The quantitative estimate of drug-likeness (QED) is 0.463. The normalized spacial score (nSPS) is 25.8. The number of rotatable bonds is 3. The molecule has 2 bridgehead atoms. The Kier molecular flexibility index (Phi) is 4.75. The van der Waals surface area contributed by atoms with Crippen LogP contribution in [0.4, 0.5) is 10.6 Å². The van der Waals surface area contributed by atoms with E-state index in [4.69, 9.17) is 4.74 Å². The number of nitrogens with one attached hydrogen (secondary N) is 1. The molecule has 1 atom stereocenters. The van der Waals surface area contributed by atoms with Gasteiger partial charge < -0.3 is 9.84 Å². The SMILES string of the molecule is O=C(O[C@H]1C[N+]2(C(=O)Nc3cccnn3)CCC1CC2)C1(O)c2ccccc2-c2ccccc21. The molecule has 3 aromatic rings. The summed E-state index contributed by atoms with van der Waals surface area (Å²) in [7, 11) is 0. The number of nitrogens with zero attached hydrogens (tertiary/aromatic N) is 3. The van der Waals surface area contributed by atoms with Gasteiger partial charge in [0.15, 0.2) is 11.9 Å². The van der Waals surface area contributed by atoms with E-state index in [1.807, 2.05) is 36.4 Å². The van der Waals surface area contributed by atoms with Crippen molar-refractivity contribution in [3.8, 4) is 11.1 Å². The van der Waals surface area contributed by atoms with Crippen molar-refractivity contribution in [2.75, 3.05) is 25.0 Å². The lowest BCUT2D eigenvalue weighted by atomic mass is 9.83. The Hall–Kier alpha value is -3.62. The predicted octanol–water partition coefficient (Wildman–Crippen LogP) is 3.08. The zero-order valence-corrected chi connectivity index (χ0v) is 18.6. The molecule has 8 heteroatoms. The number of carbonyl (C=O) groups excluding carboxylic acids is 2. The van der Waals surface area contributed by atoms with Crippen LogP contribution in [0.5, 0.6) is 0 Å². The molecule has 1 aromatic heterocycles. The number of carbonyl (C=O) groups is 2. The average Bonchev–Trinajstić information content (AvgIpc) is 3.15. The third-order valence-electron chi connectivity index (χ3n) is 7.63. The highest BCUT2D eigenvalue weighted by Gasteiger charge is 2.55. The number of amides is 2. The minimum absolute atomic E-state index is 0.170. The second kappa shape index (κ2) is 7.72. The highest BCUT2D eigenvalue weighted by Crippen LogP contribution is 2.48. The minimum Gasteiger partial charge on any atom is -0.453 e. The molecule has 3 aliphatic heterocycles. The second-order valence-electron chi connectivity index (χ2n) is 9.40. The third kappa shape index (κ3) is 3.06. The van der Waals surface area contributed by atoms with Crippen LogP contribution in [0.2, 0.25) is 0 Å². The van der Waals surface area contributed by atoms with Crippen molar-refractivity contribution in [2.45, 2.75) is 24.5 Å². The van der Waals surface area contributed by atoms with Crippen LogP contribution in [0.25, 0.3) is 11.1 Å². The van der Waals surface area contributed by atoms with Crippen molar-refractivity contribution in [2.24, 2.45) is 5.92 Å². The van der Waals surface area contributed by atoms with Gasteiger partial charge >= 0.3 is 12.0 Å². The summed E-state index contributed by atoms with van der Waals surface area (Å²) in [6.45, 7) is 1.74. The molecular weight excluding hydrogens is 432 g/mol. The van der Waals surface area contributed by atoms with Crippen LogP contribution >= 0.6 is 0 Å². The summed E-state index contributed by atoms with van der Waals surface area (Å²) in [6, 6.07) is 18.0. The highest BCUT2D eigenvalue weighted by atomic mass is 16.6. The molecule has 2 N–H and O–H groups in total. The summed E-state index contributed by atoms with van der Waals surface area (Å²) in [5.41, 5.74) is 0.863. The summed E-state index contributed by atoms with van der Waals surface area (Å²) < 4.78 is 6.22. The van der Waals surface area contributed by atoms with Crippen molar-refractivity contribution in [3.05, 3.63) is 78.0 Å². The molecule has 0 spiro atoms. The summed E-state index contributed by atoms with van der Waals surface area (Å²) in [4.78, 5) is 26.8. The molecule has 7 rings (SSSR count). The van der Waals surface area contributed by atoms with Gasteiger partial charge in [-0.25, -0.2) is 14.1 Å². The molecule has 2 amide bonds. The summed E-state index contributed by atoms with van der Waals surface area (Å²) in [5.74, 6) is -0.116. The van der Waals surface area contributed by atoms with Crippen LogP contribution in [0, 0.1) is 5.92 Å². The summed E-state index contributed by atoms with van der Waals surface area (Å²) in [6.07, 6.45) is 2.65. The maximum Gasteiger partial charge on any atom is 0.422 e. The molecule has 34 heavy (non-hydrogen) atoms. The Bertz CT molecular complexity index is 1230. The standard InChI is InChI=1S/C26H24N4O4/c31-24(26(33)20-8-3-1-6-18(20)19-7-2-4-9-21(19)26)34-22-16-30(14-11-17(22)12-15-30)25(32)28-23-10-5-13-27-29-23/h1-10,13,17,22,33H,11-12,14-16H2/p+1/t17?,22-,30?/m0/s1. The van der Waals surface area contributed by atoms with Crippen molar-refractivity contribution < 1.29 is 23.9 Å². The zero-order chi connectivity index (χ0) is 23.3. The Morgan fingerprint density at radius 3 is 2.24 bits per heavy atom. The molecule has 4 aliphatic rings. The molecule has 0 radical (unpaired) electrons. The van der Waals surface area contributed by atoms with Gasteiger partial charge in [0.1, 0.15) is 6.54 Å².